The van der Waals surface area contributed by atoms with E-state index in [9.17, 15) is 13.2 Å². The molecular formula is C15H15NO4S. The molecule has 0 spiro atoms. The number of benzene rings is 2. The predicted octanol–water partition coefficient (Wildman–Crippen LogP) is 2.80. The number of carbonyl (C=O) groups is 1. The van der Waals surface area contributed by atoms with Crippen molar-refractivity contribution in [1.82, 2.24) is 0 Å². The van der Waals surface area contributed by atoms with E-state index < -0.39 is 16.0 Å². The molecule has 0 unspecified atom stereocenters. The van der Waals surface area contributed by atoms with Crippen LogP contribution in [0.5, 0.6) is 0 Å². The van der Waals surface area contributed by atoms with Gasteiger partial charge in [-0.05, 0) is 49.2 Å². The summed E-state index contributed by atoms with van der Waals surface area (Å²) < 4.78 is 27.1. The molecule has 0 aliphatic carbocycles. The summed E-state index contributed by atoms with van der Waals surface area (Å²) in [5.74, 6) is -1.04. The number of aromatic carboxylic acids is 1. The Morgan fingerprint density at radius 3 is 2.29 bits per heavy atom. The van der Waals surface area contributed by atoms with Gasteiger partial charge in [0.25, 0.3) is 10.0 Å². The van der Waals surface area contributed by atoms with Crippen LogP contribution < -0.4 is 4.72 Å². The van der Waals surface area contributed by atoms with Gasteiger partial charge >= 0.3 is 5.97 Å². The van der Waals surface area contributed by atoms with Crippen LogP contribution in [-0.2, 0) is 10.0 Å². The molecular weight excluding hydrogens is 290 g/mol. The highest BCUT2D eigenvalue weighted by molar-refractivity contribution is 7.92. The van der Waals surface area contributed by atoms with Crippen molar-refractivity contribution < 1.29 is 18.3 Å². The third-order valence-electron chi connectivity index (χ3n) is 3.09. The lowest BCUT2D eigenvalue weighted by Gasteiger charge is -2.11. The maximum atomic E-state index is 12.3. The van der Waals surface area contributed by atoms with Gasteiger partial charge in [0, 0.05) is 5.69 Å². The smallest absolute Gasteiger partial charge is 0.335 e. The maximum Gasteiger partial charge on any atom is 0.335 e. The van der Waals surface area contributed by atoms with Gasteiger partial charge in [0.15, 0.2) is 0 Å². The molecule has 0 saturated heterocycles. The molecule has 0 aromatic heterocycles. The van der Waals surface area contributed by atoms with E-state index in [-0.39, 0.29) is 10.5 Å². The summed E-state index contributed by atoms with van der Waals surface area (Å²) in [6, 6.07) is 11.0. The minimum absolute atomic E-state index is 0.147. The van der Waals surface area contributed by atoms with Crippen molar-refractivity contribution >= 4 is 21.7 Å². The van der Waals surface area contributed by atoms with Crippen molar-refractivity contribution in [1.29, 1.82) is 0 Å². The molecule has 2 aromatic rings. The minimum Gasteiger partial charge on any atom is -0.478 e. The zero-order valence-corrected chi connectivity index (χ0v) is 12.4. The molecule has 0 saturated carbocycles. The topological polar surface area (TPSA) is 83.5 Å². The van der Waals surface area contributed by atoms with Crippen molar-refractivity contribution in [2.75, 3.05) is 4.72 Å². The van der Waals surface area contributed by atoms with Crippen LogP contribution in [0, 0.1) is 13.8 Å². The van der Waals surface area contributed by atoms with E-state index in [0.29, 0.717) is 16.8 Å². The lowest BCUT2D eigenvalue weighted by Crippen LogP contribution is -2.14. The number of hydrogen-bond donors (Lipinski definition) is 2. The van der Waals surface area contributed by atoms with Gasteiger partial charge in [0.2, 0.25) is 0 Å². The number of nitrogens with one attached hydrogen (secondary N) is 1. The van der Waals surface area contributed by atoms with Crippen LogP contribution in [-0.4, -0.2) is 19.5 Å². The predicted molar refractivity (Wildman–Crippen MR) is 80.1 cm³/mol. The van der Waals surface area contributed by atoms with Gasteiger partial charge in [-0.2, -0.15) is 0 Å². The molecule has 110 valence electrons. The third kappa shape index (κ3) is 3.22. The summed E-state index contributed by atoms with van der Waals surface area (Å²) in [7, 11) is -3.69. The highest BCUT2D eigenvalue weighted by Gasteiger charge is 2.17. The van der Waals surface area contributed by atoms with Crippen LogP contribution in [0.4, 0.5) is 5.69 Å². The summed E-state index contributed by atoms with van der Waals surface area (Å²) in [5, 5.41) is 8.96. The Morgan fingerprint density at radius 1 is 1.05 bits per heavy atom. The summed E-state index contributed by atoms with van der Waals surface area (Å²) in [4.78, 5) is 11.1. The number of rotatable bonds is 4. The first kappa shape index (κ1) is 15.1. The van der Waals surface area contributed by atoms with E-state index in [1.165, 1.54) is 24.3 Å². The van der Waals surface area contributed by atoms with E-state index in [1.54, 1.807) is 32.0 Å². The number of anilines is 1. The van der Waals surface area contributed by atoms with E-state index in [2.05, 4.69) is 4.72 Å². The second kappa shape index (κ2) is 5.57. The third-order valence-corrected chi connectivity index (χ3v) is 4.63. The highest BCUT2D eigenvalue weighted by Crippen LogP contribution is 2.21. The number of carboxylic acids is 1. The maximum absolute atomic E-state index is 12.3. The number of aryl methyl sites for hydroxylation is 2. The molecule has 0 fully saturated rings. The molecule has 0 radical (unpaired) electrons. The average molecular weight is 305 g/mol. The summed E-state index contributed by atoms with van der Waals surface area (Å²) in [6.45, 7) is 3.34. The van der Waals surface area contributed by atoms with Crippen molar-refractivity contribution in [3.63, 3.8) is 0 Å². The fraction of sp³-hybridized carbons (Fsp3) is 0.133. The lowest BCUT2D eigenvalue weighted by molar-refractivity contribution is 0.0696. The molecule has 5 nitrogen and oxygen atoms in total. The van der Waals surface area contributed by atoms with Crippen molar-refractivity contribution in [2.45, 2.75) is 18.7 Å². The fourth-order valence-electron chi connectivity index (χ4n) is 2.04. The van der Waals surface area contributed by atoms with Crippen LogP contribution >= 0.6 is 0 Å². The Hall–Kier alpha value is -2.34. The normalized spacial score (nSPS) is 11.1. The zero-order valence-electron chi connectivity index (χ0n) is 11.6. The molecule has 0 bridgehead atoms. The van der Waals surface area contributed by atoms with Gasteiger partial charge in [-0.15, -0.1) is 0 Å². The first-order valence-corrected chi connectivity index (χ1v) is 7.72. The zero-order chi connectivity index (χ0) is 15.6. The van der Waals surface area contributed by atoms with E-state index in [4.69, 9.17) is 5.11 Å². The Labute approximate surface area is 123 Å². The van der Waals surface area contributed by atoms with Gasteiger partial charge in [-0.3, -0.25) is 4.72 Å². The van der Waals surface area contributed by atoms with E-state index >= 15 is 0 Å². The standard InChI is InChI=1S/C15H15NO4S/c1-10-5-3-4-6-14(10)21(19,20)16-12-7-8-13(15(17)18)11(2)9-12/h3-9,16H,1-2H3,(H,17,18). The quantitative estimate of drug-likeness (QED) is 0.909. The lowest BCUT2D eigenvalue weighted by atomic mass is 10.1. The van der Waals surface area contributed by atoms with Crippen molar-refractivity contribution in [2.24, 2.45) is 0 Å². The molecule has 6 heteroatoms. The molecule has 0 heterocycles. The molecule has 2 N–H and O–H groups in total. The molecule has 0 aliphatic heterocycles. The Balaban J connectivity index is 2.36. The highest BCUT2D eigenvalue weighted by atomic mass is 32.2. The molecule has 2 rings (SSSR count). The largest absolute Gasteiger partial charge is 0.478 e. The monoisotopic (exact) mass is 305 g/mol. The fourth-order valence-corrected chi connectivity index (χ4v) is 3.33. The Bertz CT molecular complexity index is 797. The van der Waals surface area contributed by atoms with Crippen molar-refractivity contribution in [3.8, 4) is 0 Å². The van der Waals surface area contributed by atoms with Gasteiger partial charge in [0.1, 0.15) is 0 Å². The first-order chi connectivity index (χ1) is 9.81. The molecule has 0 aliphatic rings. The van der Waals surface area contributed by atoms with E-state index in [0.717, 1.165) is 0 Å². The molecule has 21 heavy (non-hydrogen) atoms. The van der Waals surface area contributed by atoms with Gasteiger partial charge in [-0.25, -0.2) is 13.2 Å². The van der Waals surface area contributed by atoms with Crippen LogP contribution in [0.2, 0.25) is 0 Å². The first-order valence-electron chi connectivity index (χ1n) is 6.23. The minimum atomic E-state index is -3.69. The number of sulfonamides is 1. The summed E-state index contributed by atoms with van der Waals surface area (Å²) >= 11 is 0. The van der Waals surface area contributed by atoms with Crippen molar-refractivity contribution in [3.05, 3.63) is 59.2 Å². The average Bonchev–Trinajstić information content (AvgIpc) is 2.38. The number of carboxylic acid groups (broad SMARTS) is 1. The van der Waals surface area contributed by atoms with E-state index in [1.807, 2.05) is 0 Å². The Morgan fingerprint density at radius 2 is 1.71 bits per heavy atom. The molecule has 2 aromatic carbocycles. The summed E-state index contributed by atoms with van der Waals surface area (Å²) in [5.41, 5.74) is 1.62. The second-order valence-corrected chi connectivity index (χ2v) is 6.36. The van der Waals surface area contributed by atoms with Crippen LogP contribution in [0.25, 0.3) is 0 Å². The SMILES string of the molecule is Cc1cc(NS(=O)(=O)c2ccccc2C)ccc1C(=O)O. The summed E-state index contributed by atoms with van der Waals surface area (Å²) in [6.07, 6.45) is 0. The van der Waals surface area contributed by atoms with Crippen LogP contribution in [0.1, 0.15) is 21.5 Å². The Kier molecular flexibility index (Phi) is 3.99. The van der Waals surface area contributed by atoms with Crippen LogP contribution in [0.3, 0.4) is 0 Å². The second-order valence-electron chi connectivity index (χ2n) is 4.71. The van der Waals surface area contributed by atoms with Gasteiger partial charge < -0.3 is 5.11 Å². The number of hydrogen-bond acceptors (Lipinski definition) is 3. The van der Waals surface area contributed by atoms with Crippen LogP contribution in [0.15, 0.2) is 47.4 Å². The molecule has 0 amide bonds. The molecule has 0 atom stereocenters. The van der Waals surface area contributed by atoms with Gasteiger partial charge in [0.05, 0.1) is 10.5 Å². The van der Waals surface area contributed by atoms with Gasteiger partial charge in [-0.1, -0.05) is 18.2 Å².